The number of likely N-dealkylation sites (tertiary alicyclic amines) is 1. The van der Waals surface area contributed by atoms with E-state index in [1.807, 2.05) is 6.07 Å². The highest BCUT2D eigenvalue weighted by Gasteiger charge is 2.16. The lowest BCUT2D eigenvalue weighted by atomic mass is 9.99. The number of nitrogens with one attached hydrogen (secondary N) is 1. The first kappa shape index (κ1) is 17.5. The van der Waals surface area contributed by atoms with Crippen molar-refractivity contribution in [3.63, 3.8) is 0 Å². The van der Waals surface area contributed by atoms with Crippen LogP contribution in [-0.4, -0.2) is 41.6 Å². The summed E-state index contributed by atoms with van der Waals surface area (Å²) in [5.74, 6) is 1.13. The van der Waals surface area contributed by atoms with E-state index in [9.17, 15) is 4.79 Å². The van der Waals surface area contributed by atoms with Gasteiger partial charge in [-0.15, -0.1) is 11.6 Å². The van der Waals surface area contributed by atoms with Crippen LogP contribution in [-0.2, 0) is 11.3 Å². The molecule has 1 N–H and O–H groups in total. The number of aromatic nitrogens is 1. The molecule has 1 amide bonds. The number of piperidine rings is 1. The third kappa shape index (κ3) is 4.59. The van der Waals surface area contributed by atoms with Gasteiger partial charge in [0.25, 0.3) is 0 Å². The molecule has 1 saturated heterocycles. The summed E-state index contributed by atoms with van der Waals surface area (Å²) in [6.45, 7) is 5.83. The molecule has 1 aliphatic heterocycles. The van der Waals surface area contributed by atoms with E-state index in [2.05, 4.69) is 34.3 Å². The monoisotopic (exact) mass is 367 g/mol. The molecule has 0 unspecified atom stereocenters. The molecule has 5 nitrogen and oxygen atoms in total. The number of anilines is 1. The normalized spacial score (nSPS) is 16.4. The van der Waals surface area contributed by atoms with E-state index in [1.54, 1.807) is 0 Å². The maximum atomic E-state index is 11.6. The van der Waals surface area contributed by atoms with Crippen LogP contribution >= 0.6 is 22.9 Å². The molecule has 0 bridgehead atoms. The summed E-state index contributed by atoms with van der Waals surface area (Å²) < 4.78 is 5.98. The molecule has 1 aromatic carbocycles. The zero-order valence-corrected chi connectivity index (χ0v) is 15.3. The Morgan fingerprint density at radius 3 is 3.00 bits per heavy atom. The lowest BCUT2D eigenvalue weighted by Gasteiger charge is -2.30. The van der Waals surface area contributed by atoms with Gasteiger partial charge in [-0.3, -0.25) is 10.2 Å². The fourth-order valence-corrected chi connectivity index (χ4v) is 3.85. The van der Waals surface area contributed by atoms with Crippen molar-refractivity contribution in [2.45, 2.75) is 26.3 Å². The molecule has 1 fully saturated rings. The number of ether oxygens (including phenoxy) is 1. The van der Waals surface area contributed by atoms with Crippen LogP contribution in [0.5, 0.6) is 0 Å². The second kappa shape index (κ2) is 8.14. The highest BCUT2D eigenvalue weighted by Crippen LogP contribution is 2.28. The number of hydrogen-bond acceptors (Lipinski definition) is 5. The Balaban J connectivity index is 1.64. The summed E-state index contributed by atoms with van der Waals surface area (Å²) in [5.41, 5.74) is 2.18. The lowest BCUT2D eigenvalue weighted by molar-refractivity contribution is 0.168. The predicted molar refractivity (Wildman–Crippen MR) is 99.0 cm³/mol. The SMILES string of the molecule is CC1CCN(Cc2ccc3nc(NC(=O)OCCCl)sc3c2)CC1. The van der Waals surface area contributed by atoms with E-state index in [-0.39, 0.29) is 12.5 Å². The summed E-state index contributed by atoms with van der Waals surface area (Å²) >= 11 is 6.96. The number of amides is 1. The van der Waals surface area contributed by atoms with Crippen LogP contribution in [0.1, 0.15) is 25.3 Å². The van der Waals surface area contributed by atoms with Gasteiger partial charge in [-0.1, -0.05) is 24.3 Å². The van der Waals surface area contributed by atoms with Gasteiger partial charge in [0.05, 0.1) is 16.1 Å². The fraction of sp³-hybridized carbons (Fsp3) is 0.529. The number of hydrogen-bond donors (Lipinski definition) is 1. The number of fused-ring (bicyclic) bond motifs is 1. The molecule has 0 saturated carbocycles. The van der Waals surface area contributed by atoms with E-state index in [4.69, 9.17) is 16.3 Å². The summed E-state index contributed by atoms with van der Waals surface area (Å²) in [4.78, 5) is 18.5. The van der Waals surface area contributed by atoms with Crippen LogP contribution in [0.4, 0.5) is 9.93 Å². The minimum Gasteiger partial charge on any atom is -0.448 e. The van der Waals surface area contributed by atoms with Gasteiger partial charge in [-0.2, -0.15) is 0 Å². The number of carbonyl (C=O) groups is 1. The molecule has 0 radical (unpaired) electrons. The molecule has 2 aromatic rings. The predicted octanol–water partition coefficient (Wildman–Crippen LogP) is 4.32. The summed E-state index contributed by atoms with van der Waals surface area (Å²) in [6, 6.07) is 6.30. The first-order valence-electron chi connectivity index (χ1n) is 8.25. The Labute approximate surface area is 151 Å². The number of thiazole rings is 1. The largest absolute Gasteiger partial charge is 0.448 e. The van der Waals surface area contributed by atoms with Crippen molar-refractivity contribution in [3.8, 4) is 0 Å². The Hall–Kier alpha value is -1.37. The van der Waals surface area contributed by atoms with Crippen LogP contribution < -0.4 is 5.32 Å². The molecule has 7 heteroatoms. The lowest BCUT2D eigenvalue weighted by Crippen LogP contribution is -2.32. The molecule has 3 rings (SSSR count). The van der Waals surface area contributed by atoms with Gasteiger partial charge >= 0.3 is 6.09 Å². The molecule has 0 aliphatic carbocycles. The van der Waals surface area contributed by atoms with E-state index in [1.165, 1.54) is 42.8 Å². The topological polar surface area (TPSA) is 54.5 Å². The van der Waals surface area contributed by atoms with E-state index >= 15 is 0 Å². The Morgan fingerprint density at radius 2 is 2.25 bits per heavy atom. The third-order valence-corrected chi connectivity index (χ3v) is 5.34. The quantitative estimate of drug-likeness (QED) is 0.800. The molecule has 0 atom stereocenters. The van der Waals surface area contributed by atoms with Gasteiger partial charge in [0, 0.05) is 6.54 Å². The van der Waals surface area contributed by atoms with Gasteiger partial charge in [0.2, 0.25) is 0 Å². The van der Waals surface area contributed by atoms with Crippen molar-refractivity contribution in [3.05, 3.63) is 23.8 Å². The van der Waals surface area contributed by atoms with Crippen LogP contribution in [0.2, 0.25) is 0 Å². The number of alkyl halides is 1. The fourth-order valence-electron chi connectivity index (χ4n) is 2.85. The second-order valence-corrected chi connectivity index (χ2v) is 7.64. The van der Waals surface area contributed by atoms with Crippen LogP contribution in [0.15, 0.2) is 18.2 Å². The highest BCUT2D eigenvalue weighted by molar-refractivity contribution is 7.22. The van der Waals surface area contributed by atoms with Gasteiger partial charge in [0.15, 0.2) is 5.13 Å². The Bertz CT molecular complexity index is 698. The van der Waals surface area contributed by atoms with Gasteiger partial charge in [-0.05, 0) is 49.5 Å². The number of benzene rings is 1. The van der Waals surface area contributed by atoms with Crippen molar-refractivity contribution < 1.29 is 9.53 Å². The molecular weight excluding hydrogens is 346 g/mol. The maximum absolute atomic E-state index is 11.6. The average molecular weight is 368 g/mol. The summed E-state index contributed by atoms with van der Waals surface area (Å²) in [6.07, 6.45) is 2.04. The van der Waals surface area contributed by atoms with E-state index in [0.29, 0.717) is 5.13 Å². The van der Waals surface area contributed by atoms with E-state index in [0.717, 1.165) is 22.7 Å². The van der Waals surface area contributed by atoms with Crippen molar-refractivity contribution in [1.29, 1.82) is 0 Å². The minimum absolute atomic E-state index is 0.191. The second-order valence-electron chi connectivity index (χ2n) is 6.23. The summed E-state index contributed by atoms with van der Waals surface area (Å²) in [5, 5.41) is 3.20. The standard InChI is InChI=1S/C17H22ClN3O2S/c1-12-4-7-21(8-5-12)11-13-2-3-14-15(10-13)24-16(19-14)20-17(22)23-9-6-18/h2-3,10,12H,4-9,11H2,1H3,(H,19,20,22). The first-order chi connectivity index (χ1) is 11.6. The molecule has 1 aromatic heterocycles. The van der Waals surface area contributed by atoms with Crippen LogP contribution in [0.25, 0.3) is 10.2 Å². The zero-order chi connectivity index (χ0) is 16.9. The molecule has 0 spiro atoms. The number of carbonyl (C=O) groups excluding carboxylic acids is 1. The maximum Gasteiger partial charge on any atom is 0.413 e. The Morgan fingerprint density at radius 1 is 1.46 bits per heavy atom. The smallest absolute Gasteiger partial charge is 0.413 e. The van der Waals surface area contributed by atoms with Gasteiger partial charge in [-0.25, -0.2) is 9.78 Å². The number of halogens is 1. The molecule has 1 aliphatic rings. The third-order valence-electron chi connectivity index (χ3n) is 4.25. The highest BCUT2D eigenvalue weighted by atomic mass is 35.5. The van der Waals surface area contributed by atoms with Crippen molar-refractivity contribution in [2.24, 2.45) is 5.92 Å². The van der Waals surface area contributed by atoms with Crippen LogP contribution in [0, 0.1) is 5.92 Å². The summed E-state index contributed by atoms with van der Waals surface area (Å²) in [7, 11) is 0. The average Bonchev–Trinajstić information content (AvgIpc) is 2.96. The molecule has 24 heavy (non-hydrogen) atoms. The molecular formula is C17H22ClN3O2S. The van der Waals surface area contributed by atoms with Gasteiger partial charge < -0.3 is 4.74 Å². The minimum atomic E-state index is -0.516. The molecule has 2 heterocycles. The number of nitrogens with zero attached hydrogens (tertiary/aromatic N) is 2. The molecule has 130 valence electrons. The van der Waals surface area contributed by atoms with E-state index < -0.39 is 6.09 Å². The number of rotatable bonds is 5. The van der Waals surface area contributed by atoms with Crippen molar-refractivity contribution >= 4 is 44.4 Å². The van der Waals surface area contributed by atoms with Crippen LogP contribution in [0.3, 0.4) is 0 Å². The first-order valence-corrected chi connectivity index (χ1v) is 9.60. The Kier molecular flexibility index (Phi) is 5.92. The van der Waals surface area contributed by atoms with Crippen molar-refractivity contribution in [1.82, 2.24) is 9.88 Å². The van der Waals surface area contributed by atoms with Crippen molar-refractivity contribution in [2.75, 3.05) is 30.9 Å². The van der Waals surface area contributed by atoms with Gasteiger partial charge in [0.1, 0.15) is 6.61 Å². The zero-order valence-electron chi connectivity index (χ0n) is 13.8.